The number of rotatable bonds is 5. The zero-order chi connectivity index (χ0) is 22.0. The van der Waals surface area contributed by atoms with Crippen LogP contribution in [0.2, 0.25) is 5.02 Å². The molecule has 2 heterocycles. The minimum atomic E-state index is -3.93. The zero-order valence-corrected chi connectivity index (χ0v) is 18.4. The molecule has 0 bridgehead atoms. The number of benzene rings is 2. The summed E-state index contributed by atoms with van der Waals surface area (Å²) in [6, 6.07) is 14.4. The van der Waals surface area contributed by atoms with E-state index in [1.54, 1.807) is 0 Å². The molecule has 0 amide bonds. The third kappa shape index (κ3) is 4.22. The molecular weight excluding hydrogens is 436 g/mol. The smallest absolute Gasteiger partial charge is 0.227 e. The summed E-state index contributed by atoms with van der Waals surface area (Å²) in [6.07, 6.45) is 4.21. The third-order valence-electron chi connectivity index (χ3n) is 5.13. The molecule has 9 heteroatoms. The van der Waals surface area contributed by atoms with Crippen molar-refractivity contribution in [3.63, 3.8) is 0 Å². The first kappa shape index (κ1) is 21.1. The van der Waals surface area contributed by atoms with Gasteiger partial charge in [-0.15, -0.1) is 0 Å². The molecule has 7 nitrogen and oxygen atoms in total. The molecule has 0 atom stereocenters. The topological polar surface area (TPSA) is 98.4 Å². The van der Waals surface area contributed by atoms with Gasteiger partial charge in [-0.05, 0) is 35.8 Å². The fourth-order valence-electron chi connectivity index (χ4n) is 3.44. The van der Waals surface area contributed by atoms with Crippen LogP contribution in [0.1, 0.15) is 12.0 Å². The lowest BCUT2D eigenvalue weighted by molar-refractivity contribution is 0.414. The Hall–Kier alpha value is -3.10. The second-order valence-corrected chi connectivity index (χ2v) is 9.34. The van der Waals surface area contributed by atoms with Gasteiger partial charge >= 0.3 is 0 Å². The van der Waals surface area contributed by atoms with E-state index in [1.165, 1.54) is 42.6 Å². The molecular formula is C22H21ClN4O3S. The molecule has 1 aliphatic heterocycles. The molecule has 2 aromatic carbocycles. The average molecular weight is 457 g/mol. The molecule has 160 valence electrons. The Labute approximate surface area is 186 Å². The highest BCUT2D eigenvalue weighted by atomic mass is 35.5. The minimum Gasteiger partial charge on any atom is -0.495 e. The van der Waals surface area contributed by atoms with Crippen molar-refractivity contribution < 1.29 is 13.2 Å². The highest BCUT2D eigenvalue weighted by molar-refractivity contribution is 7.91. The predicted molar refractivity (Wildman–Crippen MR) is 121 cm³/mol. The number of ether oxygens (including phenoxy) is 1. The van der Waals surface area contributed by atoms with Gasteiger partial charge in [0.25, 0.3) is 0 Å². The van der Waals surface area contributed by atoms with Crippen LogP contribution in [0.25, 0.3) is 5.57 Å². The van der Waals surface area contributed by atoms with Gasteiger partial charge in [-0.25, -0.2) is 13.4 Å². The van der Waals surface area contributed by atoms with Crippen molar-refractivity contribution in [3.8, 4) is 5.75 Å². The molecule has 0 fully saturated rings. The first-order valence-electron chi connectivity index (χ1n) is 9.60. The number of anilines is 2. The van der Waals surface area contributed by atoms with Crippen LogP contribution in [0.5, 0.6) is 5.75 Å². The van der Waals surface area contributed by atoms with Crippen molar-refractivity contribution in [2.24, 2.45) is 0 Å². The summed E-state index contributed by atoms with van der Waals surface area (Å²) in [5.41, 5.74) is 8.49. The Morgan fingerprint density at radius 3 is 2.55 bits per heavy atom. The third-order valence-corrected chi connectivity index (χ3v) is 7.19. The van der Waals surface area contributed by atoms with Crippen molar-refractivity contribution in [3.05, 3.63) is 71.4 Å². The normalized spacial score (nSPS) is 14.3. The van der Waals surface area contributed by atoms with Crippen molar-refractivity contribution in [1.82, 2.24) is 9.97 Å². The van der Waals surface area contributed by atoms with Crippen LogP contribution in [0.15, 0.2) is 70.6 Å². The second kappa shape index (κ2) is 8.56. The van der Waals surface area contributed by atoms with Crippen molar-refractivity contribution >= 4 is 38.8 Å². The molecule has 31 heavy (non-hydrogen) atoms. The van der Waals surface area contributed by atoms with Gasteiger partial charge in [0.1, 0.15) is 16.5 Å². The van der Waals surface area contributed by atoms with Crippen LogP contribution in [0.4, 0.5) is 11.8 Å². The average Bonchev–Trinajstić information content (AvgIpc) is 2.79. The lowest BCUT2D eigenvalue weighted by Crippen LogP contribution is -2.30. The number of methoxy groups -OCH3 is 1. The number of nitrogens with two attached hydrogens (primary N) is 1. The standard InChI is InChI=1S/C22H21ClN4O3S/c1-30-19-8-7-17(13-18(19)23)31(28,29)20-14-25-22(26-21(20)24)27-11-9-16(10-12-27)15-5-3-2-4-6-15/h2-9,13-14H,10-12H2,1H3,(H2,24,25,26). The summed E-state index contributed by atoms with van der Waals surface area (Å²) in [7, 11) is -2.47. The number of sulfone groups is 1. The molecule has 4 rings (SSSR count). The van der Waals surface area contributed by atoms with Gasteiger partial charge in [-0.1, -0.05) is 48.0 Å². The van der Waals surface area contributed by atoms with E-state index in [4.69, 9.17) is 22.1 Å². The number of nitrogen functional groups attached to an aromatic ring is 1. The second-order valence-electron chi connectivity index (χ2n) is 7.01. The Morgan fingerprint density at radius 1 is 1.16 bits per heavy atom. The first-order chi connectivity index (χ1) is 14.9. The summed E-state index contributed by atoms with van der Waals surface area (Å²) in [4.78, 5) is 10.3. The van der Waals surface area contributed by atoms with E-state index in [9.17, 15) is 8.42 Å². The molecule has 2 N–H and O–H groups in total. The van der Waals surface area contributed by atoms with E-state index >= 15 is 0 Å². The largest absolute Gasteiger partial charge is 0.495 e. The van der Waals surface area contributed by atoms with E-state index in [2.05, 4.69) is 28.2 Å². The van der Waals surface area contributed by atoms with Crippen LogP contribution in [-0.4, -0.2) is 38.6 Å². The molecule has 1 aromatic heterocycles. The Bertz CT molecular complexity index is 1250. The molecule has 0 unspecified atom stereocenters. The van der Waals surface area contributed by atoms with E-state index < -0.39 is 9.84 Å². The molecule has 0 radical (unpaired) electrons. The monoisotopic (exact) mass is 456 g/mol. The molecule has 0 saturated carbocycles. The SMILES string of the molecule is COc1ccc(S(=O)(=O)c2cnc(N3CC=C(c4ccccc4)CC3)nc2N)cc1Cl. The maximum atomic E-state index is 13.0. The number of nitrogens with zero attached hydrogens (tertiary/aromatic N) is 3. The van der Waals surface area contributed by atoms with Crippen LogP contribution < -0.4 is 15.4 Å². The summed E-state index contributed by atoms with van der Waals surface area (Å²) < 4.78 is 31.1. The fraction of sp³-hybridized carbons (Fsp3) is 0.182. The van der Waals surface area contributed by atoms with E-state index in [0.29, 0.717) is 24.8 Å². The first-order valence-corrected chi connectivity index (χ1v) is 11.5. The van der Waals surface area contributed by atoms with Crippen LogP contribution in [0, 0.1) is 0 Å². The van der Waals surface area contributed by atoms with Gasteiger partial charge in [0.15, 0.2) is 0 Å². The van der Waals surface area contributed by atoms with E-state index in [-0.39, 0.29) is 20.6 Å². The maximum Gasteiger partial charge on any atom is 0.227 e. The number of aromatic nitrogens is 2. The van der Waals surface area contributed by atoms with Gasteiger partial charge in [-0.3, -0.25) is 0 Å². The van der Waals surface area contributed by atoms with Crippen LogP contribution in [-0.2, 0) is 9.84 Å². The lowest BCUT2D eigenvalue weighted by atomic mass is 10.00. The van der Waals surface area contributed by atoms with Crippen LogP contribution >= 0.6 is 11.6 Å². The Balaban J connectivity index is 1.57. The highest BCUT2D eigenvalue weighted by Crippen LogP contribution is 2.32. The Kier molecular flexibility index (Phi) is 5.84. The number of hydrogen-bond donors (Lipinski definition) is 1. The molecule has 0 spiro atoms. The zero-order valence-electron chi connectivity index (χ0n) is 16.8. The van der Waals surface area contributed by atoms with E-state index in [0.717, 1.165) is 6.42 Å². The lowest BCUT2D eigenvalue weighted by Gasteiger charge is -2.27. The molecule has 0 aliphatic carbocycles. The van der Waals surface area contributed by atoms with Crippen molar-refractivity contribution in [1.29, 1.82) is 0 Å². The summed E-state index contributed by atoms with van der Waals surface area (Å²) >= 11 is 6.08. The summed E-state index contributed by atoms with van der Waals surface area (Å²) in [5, 5.41) is 0.189. The van der Waals surface area contributed by atoms with Gasteiger partial charge in [0.05, 0.1) is 23.2 Å². The van der Waals surface area contributed by atoms with Crippen molar-refractivity contribution in [2.45, 2.75) is 16.2 Å². The Morgan fingerprint density at radius 2 is 1.94 bits per heavy atom. The maximum absolute atomic E-state index is 13.0. The highest BCUT2D eigenvalue weighted by Gasteiger charge is 2.25. The predicted octanol–water partition coefficient (Wildman–Crippen LogP) is 3.85. The number of hydrogen-bond acceptors (Lipinski definition) is 7. The molecule has 0 saturated heterocycles. The fourth-order valence-corrected chi connectivity index (χ4v) is 5.05. The van der Waals surface area contributed by atoms with E-state index in [1.807, 2.05) is 23.1 Å². The molecule has 1 aliphatic rings. The van der Waals surface area contributed by atoms with Gasteiger partial charge in [0.2, 0.25) is 15.8 Å². The van der Waals surface area contributed by atoms with Gasteiger partial charge in [-0.2, -0.15) is 4.98 Å². The summed E-state index contributed by atoms with van der Waals surface area (Å²) in [6.45, 7) is 1.32. The van der Waals surface area contributed by atoms with Crippen molar-refractivity contribution in [2.75, 3.05) is 30.8 Å². The van der Waals surface area contributed by atoms with Crippen LogP contribution in [0.3, 0.4) is 0 Å². The minimum absolute atomic E-state index is 0.00485. The van der Waals surface area contributed by atoms with Gasteiger partial charge < -0.3 is 15.4 Å². The number of halogens is 1. The quantitative estimate of drug-likeness (QED) is 0.622. The molecule has 3 aromatic rings. The summed E-state index contributed by atoms with van der Waals surface area (Å²) in [5.74, 6) is 0.676. The van der Waals surface area contributed by atoms with Gasteiger partial charge in [0, 0.05) is 13.1 Å².